The molecular formula is C19H16FN3O2S. The number of thioether (sulfide) groups is 1. The van der Waals surface area contributed by atoms with Crippen molar-refractivity contribution in [3.05, 3.63) is 88.7 Å². The number of carbonyl (C=O) groups excluding carboxylic acids is 1. The molecule has 132 valence electrons. The van der Waals surface area contributed by atoms with Crippen LogP contribution < -0.4 is 10.9 Å². The number of rotatable bonds is 6. The summed E-state index contributed by atoms with van der Waals surface area (Å²) in [5, 5.41) is 2.98. The maximum atomic E-state index is 13.4. The van der Waals surface area contributed by atoms with Gasteiger partial charge in [0.15, 0.2) is 5.03 Å². The van der Waals surface area contributed by atoms with Crippen LogP contribution in [0.5, 0.6) is 0 Å². The zero-order valence-electron chi connectivity index (χ0n) is 13.8. The number of hydrogen-bond donors (Lipinski definition) is 1. The van der Waals surface area contributed by atoms with Gasteiger partial charge < -0.3 is 5.32 Å². The highest BCUT2D eigenvalue weighted by atomic mass is 32.2. The lowest BCUT2D eigenvalue weighted by Crippen LogP contribution is -2.26. The van der Waals surface area contributed by atoms with E-state index < -0.39 is 5.82 Å². The summed E-state index contributed by atoms with van der Waals surface area (Å²) < 4.78 is 14.7. The Morgan fingerprint density at radius 2 is 1.96 bits per heavy atom. The lowest BCUT2D eigenvalue weighted by molar-refractivity contribution is -0.118. The van der Waals surface area contributed by atoms with Gasteiger partial charge in [0, 0.05) is 18.9 Å². The van der Waals surface area contributed by atoms with Crippen LogP contribution in [0.4, 0.5) is 4.39 Å². The molecule has 1 heterocycles. The first-order chi connectivity index (χ1) is 12.6. The van der Waals surface area contributed by atoms with E-state index in [1.807, 2.05) is 30.3 Å². The average Bonchev–Trinajstić information content (AvgIpc) is 2.66. The van der Waals surface area contributed by atoms with Crippen LogP contribution in [-0.4, -0.2) is 21.2 Å². The molecular weight excluding hydrogens is 353 g/mol. The molecule has 1 amide bonds. The van der Waals surface area contributed by atoms with Crippen molar-refractivity contribution in [2.75, 3.05) is 5.75 Å². The van der Waals surface area contributed by atoms with Gasteiger partial charge in [-0.05, 0) is 23.8 Å². The van der Waals surface area contributed by atoms with Crippen molar-refractivity contribution in [1.29, 1.82) is 0 Å². The summed E-state index contributed by atoms with van der Waals surface area (Å²) in [5.41, 5.74) is 1.02. The van der Waals surface area contributed by atoms with Gasteiger partial charge >= 0.3 is 0 Å². The fraction of sp³-hybridized carbons (Fsp3) is 0.105. The van der Waals surface area contributed by atoms with Crippen molar-refractivity contribution in [2.24, 2.45) is 0 Å². The first kappa shape index (κ1) is 17.9. The molecule has 0 fully saturated rings. The van der Waals surface area contributed by atoms with Crippen LogP contribution in [0.2, 0.25) is 0 Å². The van der Waals surface area contributed by atoms with Crippen LogP contribution in [0.3, 0.4) is 0 Å². The topological polar surface area (TPSA) is 64.0 Å². The molecule has 1 aromatic heterocycles. The summed E-state index contributed by atoms with van der Waals surface area (Å²) in [6, 6.07) is 15.3. The first-order valence-corrected chi connectivity index (χ1v) is 8.89. The SMILES string of the molecule is O=C(CSc1nccn(-c2cccc(F)c2)c1=O)NCc1ccccc1. The number of nitrogens with one attached hydrogen (secondary N) is 1. The van der Waals surface area contributed by atoms with Crippen LogP contribution in [0.1, 0.15) is 5.56 Å². The van der Waals surface area contributed by atoms with Gasteiger partial charge in [0.25, 0.3) is 5.56 Å². The number of hydrogen-bond acceptors (Lipinski definition) is 4. The average molecular weight is 369 g/mol. The number of halogens is 1. The molecule has 0 spiro atoms. The van der Waals surface area contributed by atoms with E-state index in [1.54, 1.807) is 6.07 Å². The summed E-state index contributed by atoms with van der Waals surface area (Å²) >= 11 is 1.05. The van der Waals surface area contributed by atoms with Crippen molar-refractivity contribution in [2.45, 2.75) is 11.6 Å². The summed E-state index contributed by atoms with van der Waals surface area (Å²) in [6.45, 7) is 0.427. The monoisotopic (exact) mass is 369 g/mol. The minimum atomic E-state index is -0.430. The number of nitrogens with zero attached hydrogens (tertiary/aromatic N) is 2. The van der Waals surface area contributed by atoms with Gasteiger partial charge in [0.1, 0.15) is 5.82 Å². The van der Waals surface area contributed by atoms with E-state index in [0.29, 0.717) is 12.2 Å². The van der Waals surface area contributed by atoms with E-state index in [0.717, 1.165) is 17.3 Å². The van der Waals surface area contributed by atoms with Crippen molar-refractivity contribution in [3.63, 3.8) is 0 Å². The van der Waals surface area contributed by atoms with Crippen molar-refractivity contribution in [3.8, 4) is 5.69 Å². The second-order valence-corrected chi connectivity index (χ2v) is 6.40. The minimum absolute atomic E-state index is 0.0717. The minimum Gasteiger partial charge on any atom is -0.351 e. The van der Waals surface area contributed by atoms with Crippen LogP contribution in [0.15, 0.2) is 76.8 Å². The van der Waals surface area contributed by atoms with Gasteiger partial charge in [-0.25, -0.2) is 9.37 Å². The van der Waals surface area contributed by atoms with Gasteiger partial charge in [0.05, 0.1) is 11.4 Å². The van der Waals surface area contributed by atoms with E-state index in [2.05, 4.69) is 10.3 Å². The third-order valence-corrected chi connectivity index (χ3v) is 4.53. The Kier molecular flexibility index (Phi) is 5.80. The van der Waals surface area contributed by atoms with Crippen LogP contribution in [-0.2, 0) is 11.3 Å². The van der Waals surface area contributed by atoms with Gasteiger partial charge in [-0.1, -0.05) is 48.2 Å². The molecule has 7 heteroatoms. The van der Waals surface area contributed by atoms with Gasteiger partial charge in [0.2, 0.25) is 5.91 Å². The van der Waals surface area contributed by atoms with E-state index in [9.17, 15) is 14.0 Å². The van der Waals surface area contributed by atoms with Crippen LogP contribution in [0.25, 0.3) is 5.69 Å². The molecule has 0 saturated heterocycles. The summed E-state index contributed by atoms with van der Waals surface area (Å²) in [4.78, 5) is 28.5. The Morgan fingerprint density at radius 3 is 2.73 bits per heavy atom. The second kappa shape index (κ2) is 8.44. The molecule has 0 unspecified atom stereocenters. The third-order valence-electron chi connectivity index (χ3n) is 3.57. The lowest BCUT2D eigenvalue weighted by Gasteiger charge is -2.08. The van der Waals surface area contributed by atoms with Gasteiger partial charge in [-0.2, -0.15) is 0 Å². The quantitative estimate of drug-likeness (QED) is 0.679. The van der Waals surface area contributed by atoms with Crippen molar-refractivity contribution in [1.82, 2.24) is 14.9 Å². The summed E-state index contributed by atoms with van der Waals surface area (Å²) in [6.07, 6.45) is 2.92. The molecule has 3 rings (SSSR count). The van der Waals surface area contributed by atoms with Crippen molar-refractivity contribution < 1.29 is 9.18 Å². The largest absolute Gasteiger partial charge is 0.351 e. The first-order valence-electron chi connectivity index (χ1n) is 7.90. The van der Waals surface area contributed by atoms with Crippen LogP contribution in [0, 0.1) is 5.82 Å². The lowest BCUT2D eigenvalue weighted by atomic mass is 10.2. The van der Waals surface area contributed by atoms with E-state index >= 15 is 0 Å². The highest BCUT2D eigenvalue weighted by molar-refractivity contribution is 7.99. The molecule has 3 aromatic rings. The summed E-state index contributed by atoms with van der Waals surface area (Å²) in [5.74, 6) is -0.552. The van der Waals surface area contributed by atoms with E-state index in [-0.39, 0.29) is 22.2 Å². The highest BCUT2D eigenvalue weighted by Gasteiger charge is 2.10. The Morgan fingerprint density at radius 1 is 1.15 bits per heavy atom. The van der Waals surface area contributed by atoms with E-state index in [4.69, 9.17) is 0 Å². The van der Waals surface area contributed by atoms with Gasteiger partial charge in [-0.15, -0.1) is 0 Å². The Bertz CT molecular complexity index is 960. The molecule has 2 aromatic carbocycles. The predicted molar refractivity (Wildman–Crippen MR) is 98.8 cm³/mol. The fourth-order valence-electron chi connectivity index (χ4n) is 2.30. The second-order valence-electron chi connectivity index (χ2n) is 5.44. The molecule has 0 aliphatic rings. The molecule has 0 aliphatic heterocycles. The number of aromatic nitrogens is 2. The zero-order valence-corrected chi connectivity index (χ0v) is 14.6. The number of carbonyl (C=O) groups is 1. The smallest absolute Gasteiger partial charge is 0.287 e. The predicted octanol–water partition coefficient (Wildman–Crippen LogP) is 2.78. The standard InChI is InChI=1S/C19H16FN3O2S/c20-15-7-4-8-16(11-15)23-10-9-21-18(19(23)25)26-13-17(24)22-12-14-5-2-1-3-6-14/h1-11H,12-13H2,(H,22,24). The Hall–Kier alpha value is -2.93. The molecule has 0 bridgehead atoms. The fourth-order valence-corrected chi connectivity index (χ4v) is 3.03. The molecule has 0 radical (unpaired) electrons. The maximum Gasteiger partial charge on any atom is 0.287 e. The molecule has 1 N–H and O–H groups in total. The number of benzene rings is 2. The Labute approximate surface area is 153 Å². The molecule has 0 atom stereocenters. The van der Waals surface area contributed by atoms with Crippen molar-refractivity contribution >= 4 is 17.7 Å². The van der Waals surface area contributed by atoms with Gasteiger partial charge in [-0.3, -0.25) is 14.2 Å². The summed E-state index contributed by atoms with van der Waals surface area (Å²) in [7, 11) is 0. The molecule has 5 nitrogen and oxygen atoms in total. The van der Waals surface area contributed by atoms with Crippen LogP contribution >= 0.6 is 11.8 Å². The molecule has 0 saturated carbocycles. The number of amides is 1. The zero-order chi connectivity index (χ0) is 18.4. The maximum absolute atomic E-state index is 13.4. The Balaban J connectivity index is 1.64. The third kappa shape index (κ3) is 4.58. The normalized spacial score (nSPS) is 10.5. The highest BCUT2D eigenvalue weighted by Crippen LogP contribution is 2.12. The van der Waals surface area contributed by atoms with E-state index in [1.165, 1.54) is 35.2 Å². The molecule has 0 aliphatic carbocycles. The molecule has 26 heavy (non-hydrogen) atoms.